The lowest BCUT2D eigenvalue weighted by molar-refractivity contribution is 0.0979. The second kappa shape index (κ2) is 3.74. The minimum Gasteiger partial charge on any atom is -0.464 e. The summed E-state index contributed by atoms with van der Waals surface area (Å²) >= 11 is 0. The van der Waals surface area contributed by atoms with Crippen molar-refractivity contribution in [2.24, 2.45) is 0 Å². The molecule has 0 saturated heterocycles. The van der Waals surface area contributed by atoms with Crippen LogP contribution in [0, 0.1) is 0 Å². The van der Waals surface area contributed by atoms with E-state index < -0.39 is 0 Å². The van der Waals surface area contributed by atoms with Gasteiger partial charge in [-0.1, -0.05) is 0 Å². The summed E-state index contributed by atoms with van der Waals surface area (Å²) in [6.07, 6.45) is 3.09. The van der Waals surface area contributed by atoms with Crippen molar-refractivity contribution in [3.05, 3.63) is 71.2 Å². The van der Waals surface area contributed by atoms with Crippen LogP contribution in [0.2, 0.25) is 0 Å². The van der Waals surface area contributed by atoms with Crippen molar-refractivity contribution in [1.29, 1.82) is 0 Å². The summed E-state index contributed by atoms with van der Waals surface area (Å²) in [4.78, 5) is 25.5. The van der Waals surface area contributed by atoms with Gasteiger partial charge in [0.05, 0.1) is 12.5 Å². The largest absolute Gasteiger partial charge is 0.464 e. The third-order valence-corrected chi connectivity index (χ3v) is 4.16. The van der Waals surface area contributed by atoms with Gasteiger partial charge in [-0.2, -0.15) is 0 Å². The maximum atomic E-state index is 12.8. The van der Waals surface area contributed by atoms with Gasteiger partial charge in [0.15, 0.2) is 11.6 Å². The molecule has 1 aliphatic carbocycles. The lowest BCUT2D eigenvalue weighted by atomic mass is 9.83. The predicted octanol–water partition coefficient (Wildman–Crippen LogP) is 3.95. The topological polar surface area (TPSA) is 60.4 Å². The monoisotopic (exact) mass is 288 g/mol. The Balaban J connectivity index is 1.87. The van der Waals surface area contributed by atoms with E-state index >= 15 is 0 Å². The lowest BCUT2D eigenvalue weighted by Gasteiger charge is -2.17. The number of benzene rings is 2. The fourth-order valence-electron chi connectivity index (χ4n) is 3.06. The van der Waals surface area contributed by atoms with Crippen LogP contribution in [0.4, 0.5) is 0 Å². The number of fused-ring (bicyclic) bond motifs is 4. The van der Waals surface area contributed by atoms with Crippen LogP contribution in [0.3, 0.4) is 0 Å². The van der Waals surface area contributed by atoms with Crippen molar-refractivity contribution < 1.29 is 18.4 Å². The zero-order chi connectivity index (χ0) is 14.8. The number of rotatable bonds is 0. The standard InChI is InChI=1S/C18H8O4/c19-17-11-5-9-1-3-21-15(9)7-13(11)18(20)14-8-16-10(2-4-22-16)6-12(14)17/h1-8H. The van der Waals surface area contributed by atoms with Crippen molar-refractivity contribution in [2.75, 3.05) is 0 Å². The molecule has 0 aliphatic heterocycles. The number of ketones is 2. The Morgan fingerprint density at radius 2 is 1.00 bits per heavy atom. The van der Waals surface area contributed by atoms with E-state index in [1.165, 1.54) is 0 Å². The van der Waals surface area contributed by atoms with Gasteiger partial charge in [-0.3, -0.25) is 9.59 Å². The van der Waals surface area contributed by atoms with Crippen molar-refractivity contribution in [3.8, 4) is 0 Å². The highest BCUT2D eigenvalue weighted by molar-refractivity contribution is 6.30. The number of hydrogen-bond acceptors (Lipinski definition) is 4. The van der Waals surface area contributed by atoms with Crippen molar-refractivity contribution in [3.63, 3.8) is 0 Å². The first-order valence-corrected chi connectivity index (χ1v) is 6.84. The molecule has 0 N–H and O–H groups in total. The van der Waals surface area contributed by atoms with Crippen molar-refractivity contribution in [1.82, 2.24) is 0 Å². The van der Waals surface area contributed by atoms with Gasteiger partial charge in [0.2, 0.25) is 0 Å². The van der Waals surface area contributed by atoms with E-state index in [-0.39, 0.29) is 11.6 Å². The average Bonchev–Trinajstić information content (AvgIpc) is 3.17. The van der Waals surface area contributed by atoms with Gasteiger partial charge in [0.1, 0.15) is 11.2 Å². The Bertz CT molecular complexity index is 941. The first kappa shape index (κ1) is 11.5. The molecule has 0 spiro atoms. The van der Waals surface area contributed by atoms with Gasteiger partial charge in [0, 0.05) is 33.0 Å². The summed E-state index contributed by atoms with van der Waals surface area (Å²) in [5.74, 6) is -0.322. The quantitative estimate of drug-likeness (QED) is 0.433. The summed E-state index contributed by atoms with van der Waals surface area (Å²) in [6.45, 7) is 0. The predicted molar refractivity (Wildman–Crippen MR) is 79.3 cm³/mol. The van der Waals surface area contributed by atoms with Crippen molar-refractivity contribution >= 4 is 33.5 Å². The molecule has 5 rings (SSSR count). The normalized spacial score (nSPS) is 13.6. The number of carbonyl (C=O) groups excluding carboxylic acids is 2. The molecular weight excluding hydrogens is 280 g/mol. The second-order valence-corrected chi connectivity index (χ2v) is 5.37. The van der Waals surface area contributed by atoms with Crippen LogP contribution in [0.25, 0.3) is 21.9 Å². The molecule has 0 unspecified atom stereocenters. The Morgan fingerprint density at radius 1 is 0.591 bits per heavy atom. The molecule has 22 heavy (non-hydrogen) atoms. The van der Waals surface area contributed by atoms with Crippen LogP contribution in [0.15, 0.2) is 57.8 Å². The fraction of sp³-hybridized carbons (Fsp3) is 0. The Kier molecular flexibility index (Phi) is 1.96. The molecule has 2 aromatic heterocycles. The second-order valence-electron chi connectivity index (χ2n) is 5.37. The van der Waals surface area contributed by atoms with Gasteiger partial charge in [-0.15, -0.1) is 0 Å². The summed E-state index contributed by atoms with van der Waals surface area (Å²) in [6, 6.07) is 10.3. The summed E-state index contributed by atoms with van der Waals surface area (Å²) < 4.78 is 10.7. The highest BCUT2D eigenvalue weighted by Gasteiger charge is 2.31. The van der Waals surface area contributed by atoms with Crippen LogP contribution in [0.1, 0.15) is 31.8 Å². The van der Waals surface area contributed by atoms with Gasteiger partial charge >= 0.3 is 0 Å². The van der Waals surface area contributed by atoms with E-state index in [0.29, 0.717) is 33.4 Å². The molecule has 0 amide bonds. The molecule has 1 aliphatic rings. The van der Waals surface area contributed by atoms with E-state index in [0.717, 1.165) is 10.8 Å². The lowest BCUT2D eigenvalue weighted by Crippen LogP contribution is -2.20. The Hall–Kier alpha value is -3.14. The smallest absolute Gasteiger partial charge is 0.194 e. The zero-order valence-electron chi connectivity index (χ0n) is 11.3. The molecule has 4 nitrogen and oxygen atoms in total. The molecule has 0 radical (unpaired) electrons. The first-order valence-electron chi connectivity index (χ1n) is 6.84. The van der Waals surface area contributed by atoms with Crippen LogP contribution in [-0.2, 0) is 0 Å². The fourth-order valence-corrected chi connectivity index (χ4v) is 3.06. The Labute approximate surface area is 123 Å². The van der Waals surface area contributed by atoms with Crippen LogP contribution >= 0.6 is 0 Å². The van der Waals surface area contributed by atoms with E-state index in [9.17, 15) is 9.59 Å². The molecule has 104 valence electrons. The third kappa shape index (κ3) is 1.31. The van der Waals surface area contributed by atoms with Gasteiger partial charge < -0.3 is 8.83 Å². The third-order valence-electron chi connectivity index (χ3n) is 4.16. The maximum Gasteiger partial charge on any atom is 0.194 e. The molecule has 2 heterocycles. The summed E-state index contributed by atoms with van der Waals surface area (Å²) in [7, 11) is 0. The average molecular weight is 288 g/mol. The minimum atomic E-state index is -0.179. The highest BCUT2D eigenvalue weighted by Crippen LogP contribution is 2.33. The summed E-state index contributed by atoms with van der Waals surface area (Å²) in [5, 5.41) is 1.63. The minimum absolute atomic E-state index is 0.143. The molecule has 4 aromatic rings. The van der Waals surface area contributed by atoms with E-state index in [1.54, 1.807) is 48.9 Å². The van der Waals surface area contributed by atoms with Gasteiger partial charge in [-0.25, -0.2) is 0 Å². The number of furan rings is 2. The van der Waals surface area contributed by atoms with E-state index in [1.807, 2.05) is 0 Å². The maximum absolute atomic E-state index is 12.8. The molecule has 4 heteroatoms. The zero-order valence-corrected chi connectivity index (χ0v) is 11.3. The van der Waals surface area contributed by atoms with Crippen molar-refractivity contribution in [2.45, 2.75) is 0 Å². The highest BCUT2D eigenvalue weighted by atomic mass is 16.3. The van der Waals surface area contributed by atoms with Gasteiger partial charge in [0.25, 0.3) is 0 Å². The van der Waals surface area contributed by atoms with E-state index in [4.69, 9.17) is 8.83 Å². The van der Waals surface area contributed by atoms with Crippen LogP contribution in [0.5, 0.6) is 0 Å². The number of hydrogen-bond donors (Lipinski definition) is 0. The van der Waals surface area contributed by atoms with Crippen LogP contribution in [-0.4, -0.2) is 11.6 Å². The molecule has 0 bridgehead atoms. The molecule has 0 fully saturated rings. The SMILES string of the molecule is O=C1c2cc3ccoc3cc2C(=O)c2cc3occc3cc21. The van der Waals surface area contributed by atoms with Crippen LogP contribution < -0.4 is 0 Å². The molecule has 2 aromatic carbocycles. The molecular formula is C18H8O4. The first-order chi connectivity index (χ1) is 10.7. The Morgan fingerprint density at radius 3 is 1.45 bits per heavy atom. The molecule has 0 atom stereocenters. The summed E-state index contributed by atoms with van der Waals surface area (Å²) in [5.41, 5.74) is 2.81. The number of carbonyl (C=O) groups is 2. The molecule has 0 saturated carbocycles. The van der Waals surface area contributed by atoms with Gasteiger partial charge in [-0.05, 0) is 36.4 Å². The van der Waals surface area contributed by atoms with E-state index in [2.05, 4.69) is 0 Å².